The van der Waals surface area contributed by atoms with E-state index in [1.807, 2.05) is 0 Å². The Labute approximate surface area is 126 Å². The number of rotatable bonds is 6. The zero-order chi connectivity index (χ0) is 13.5. The number of amides is 1. The number of carbonyl (C=O) groups excluding carboxylic acids is 1. The Morgan fingerprint density at radius 2 is 1.94 bits per heavy atom. The highest BCUT2D eigenvalue weighted by molar-refractivity contribution is 9.09. The molecule has 0 aliphatic rings. The van der Waals surface area contributed by atoms with Crippen LogP contribution in [0.3, 0.4) is 0 Å². The maximum Gasteiger partial charge on any atom is 0.253 e. The first-order chi connectivity index (χ1) is 8.56. The maximum absolute atomic E-state index is 12.1. The van der Waals surface area contributed by atoms with E-state index in [0.717, 1.165) is 31.1 Å². The molecule has 5 heteroatoms. The number of carbonyl (C=O) groups is 1. The van der Waals surface area contributed by atoms with Gasteiger partial charge in [0, 0.05) is 24.5 Å². The Balaban J connectivity index is 2.54. The highest BCUT2D eigenvalue weighted by Gasteiger charge is 2.12. The standard InChI is InChI=1S/C13H16BrCl2NO/c1-17(8-4-2-3-7-14)13(18)10-5-6-11(15)12(16)9-10/h5-6,9H,2-4,7-8H2,1H3. The van der Waals surface area contributed by atoms with Crippen molar-refractivity contribution in [3.8, 4) is 0 Å². The zero-order valence-electron chi connectivity index (χ0n) is 10.3. The van der Waals surface area contributed by atoms with Crippen LogP contribution in [0.4, 0.5) is 0 Å². The third kappa shape index (κ3) is 4.79. The summed E-state index contributed by atoms with van der Waals surface area (Å²) in [5.74, 6) is -0.0209. The molecule has 1 rings (SSSR count). The molecule has 0 unspecified atom stereocenters. The Morgan fingerprint density at radius 3 is 2.56 bits per heavy atom. The van der Waals surface area contributed by atoms with Gasteiger partial charge < -0.3 is 4.90 Å². The van der Waals surface area contributed by atoms with Gasteiger partial charge in [-0.1, -0.05) is 45.6 Å². The number of hydrogen-bond acceptors (Lipinski definition) is 1. The summed E-state index contributed by atoms with van der Waals surface area (Å²) in [6, 6.07) is 4.96. The summed E-state index contributed by atoms with van der Waals surface area (Å²) in [5, 5.41) is 1.89. The van der Waals surface area contributed by atoms with Crippen molar-refractivity contribution >= 4 is 45.0 Å². The molecule has 1 aromatic carbocycles. The van der Waals surface area contributed by atoms with Gasteiger partial charge in [-0.3, -0.25) is 4.79 Å². The van der Waals surface area contributed by atoms with E-state index in [-0.39, 0.29) is 5.91 Å². The lowest BCUT2D eigenvalue weighted by Gasteiger charge is -2.17. The average Bonchev–Trinajstić information content (AvgIpc) is 2.37. The van der Waals surface area contributed by atoms with Gasteiger partial charge in [-0.05, 0) is 31.0 Å². The zero-order valence-corrected chi connectivity index (χ0v) is 13.4. The van der Waals surface area contributed by atoms with Crippen molar-refractivity contribution in [1.82, 2.24) is 4.90 Å². The lowest BCUT2D eigenvalue weighted by Crippen LogP contribution is -2.27. The van der Waals surface area contributed by atoms with Crippen molar-refractivity contribution in [3.63, 3.8) is 0 Å². The highest BCUT2D eigenvalue weighted by Crippen LogP contribution is 2.23. The van der Waals surface area contributed by atoms with Crippen LogP contribution >= 0.6 is 39.1 Å². The second kappa shape index (κ2) is 8.03. The van der Waals surface area contributed by atoms with Gasteiger partial charge in [-0.2, -0.15) is 0 Å². The summed E-state index contributed by atoms with van der Waals surface area (Å²) in [5.41, 5.74) is 0.576. The third-order valence-corrected chi connectivity index (χ3v) is 3.94. The molecule has 0 spiro atoms. The maximum atomic E-state index is 12.1. The summed E-state index contributed by atoms with van der Waals surface area (Å²) >= 11 is 15.1. The van der Waals surface area contributed by atoms with Gasteiger partial charge in [0.2, 0.25) is 0 Å². The number of unbranched alkanes of at least 4 members (excludes halogenated alkanes) is 2. The van der Waals surface area contributed by atoms with Gasteiger partial charge in [0.25, 0.3) is 5.91 Å². The molecule has 0 aliphatic carbocycles. The molecule has 1 aromatic rings. The molecule has 0 atom stereocenters. The smallest absolute Gasteiger partial charge is 0.253 e. The van der Waals surface area contributed by atoms with Crippen molar-refractivity contribution in [1.29, 1.82) is 0 Å². The lowest BCUT2D eigenvalue weighted by atomic mass is 10.2. The molecule has 1 amide bonds. The average molecular weight is 353 g/mol. The third-order valence-electron chi connectivity index (χ3n) is 2.64. The highest BCUT2D eigenvalue weighted by atomic mass is 79.9. The van der Waals surface area contributed by atoms with E-state index >= 15 is 0 Å². The van der Waals surface area contributed by atoms with Crippen LogP contribution in [-0.2, 0) is 0 Å². The molecule has 0 aromatic heterocycles. The SMILES string of the molecule is CN(CCCCCBr)C(=O)c1ccc(Cl)c(Cl)c1. The fraction of sp³-hybridized carbons (Fsp3) is 0.462. The largest absolute Gasteiger partial charge is 0.342 e. The van der Waals surface area contributed by atoms with E-state index in [0.29, 0.717) is 15.6 Å². The van der Waals surface area contributed by atoms with Crippen molar-refractivity contribution in [2.24, 2.45) is 0 Å². The molecule has 0 N–H and O–H groups in total. The second-order valence-corrected chi connectivity index (χ2v) is 5.71. The van der Waals surface area contributed by atoms with Crippen molar-refractivity contribution in [2.45, 2.75) is 19.3 Å². The molecule has 0 radical (unpaired) electrons. The minimum Gasteiger partial charge on any atom is -0.342 e. The molecule has 0 fully saturated rings. The minimum absolute atomic E-state index is 0.0209. The molecule has 0 bridgehead atoms. The van der Waals surface area contributed by atoms with Gasteiger partial charge in [0.05, 0.1) is 10.0 Å². The van der Waals surface area contributed by atoms with Crippen molar-refractivity contribution in [2.75, 3.05) is 18.9 Å². The van der Waals surface area contributed by atoms with E-state index in [4.69, 9.17) is 23.2 Å². The monoisotopic (exact) mass is 351 g/mol. The van der Waals surface area contributed by atoms with E-state index < -0.39 is 0 Å². The van der Waals surface area contributed by atoms with Crippen LogP contribution in [0.1, 0.15) is 29.6 Å². The number of alkyl halides is 1. The normalized spacial score (nSPS) is 10.4. The molecule has 18 heavy (non-hydrogen) atoms. The summed E-state index contributed by atoms with van der Waals surface area (Å²) in [6.07, 6.45) is 3.26. The molecular formula is C13H16BrCl2NO. The molecule has 0 heterocycles. The minimum atomic E-state index is -0.0209. The topological polar surface area (TPSA) is 20.3 Å². The van der Waals surface area contributed by atoms with Gasteiger partial charge in [0.1, 0.15) is 0 Å². The Hall–Kier alpha value is -0.250. The van der Waals surface area contributed by atoms with Crippen LogP contribution in [0.5, 0.6) is 0 Å². The summed E-state index contributed by atoms with van der Waals surface area (Å²) in [6.45, 7) is 0.756. The van der Waals surface area contributed by atoms with Crippen LogP contribution in [0.25, 0.3) is 0 Å². The number of nitrogens with zero attached hydrogens (tertiary/aromatic N) is 1. The molecule has 0 saturated heterocycles. The van der Waals surface area contributed by atoms with Crippen molar-refractivity contribution < 1.29 is 4.79 Å². The fourth-order valence-corrected chi connectivity index (χ4v) is 2.27. The van der Waals surface area contributed by atoms with Crippen LogP contribution in [0.2, 0.25) is 10.0 Å². The van der Waals surface area contributed by atoms with Crippen LogP contribution in [-0.4, -0.2) is 29.7 Å². The number of benzene rings is 1. The molecule has 100 valence electrons. The van der Waals surface area contributed by atoms with Crippen LogP contribution in [0, 0.1) is 0 Å². The molecule has 0 saturated carbocycles. The van der Waals surface area contributed by atoms with Gasteiger partial charge in [-0.25, -0.2) is 0 Å². The van der Waals surface area contributed by atoms with Crippen LogP contribution < -0.4 is 0 Å². The Morgan fingerprint density at radius 1 is 1.22 bits per heavy atom. The first-order valence-corrected chi connectivity index (χ1v) is 7.70. The first kappa shape index (κ1) is 15.8. The van der Waals surface area contributed by atoms with Crippen molar-refractivity contribution in [3.05, 3.63) is 33.8 Å². The quantitative estimate of drug-likeness (QED) is 0.539. The number of halogens is 3. The molecule has 2 nitrogen and oxygen atoms in total. The molecule has 0 aliphatic heterocycles. The van der Waals surface area contributed by atoms with Gasteiger partial charge in [-0.15, -0.1) is 0 Å². The summed E-state index contributed by atoms with van der Waals surface area (Å²) in [4.78, 5) is 13.8. The van der Waals surface area contributed by atoms with Crippen LogP contribution in [0.15, 0.2) is 18.2 Å². The second-order valence-electron chi connectivity index (χ2n) is 4.11. The Bertz CT molecular complexity index is 412. The van der Waals surface area contributed by atoms with E-state index in [2.05, 4.69) is 15.9 Å². The predicted molar refractivity (Wildman–Crippen MR) is 81.1 cm³/mol. The molecular weight excluding hydrogens is 337 g/mol. The van der Waals surface area contributed by atoms with Gasteiger partial charge >= 0.3 is 0 Å². The lowest BCUT2D eigenvalue weighted by molar-refractivity contribution is 0.0793. The number of hydrogen-bond donors (Lipinski definition) is 0. The fourth-order valence-electron chi connectivity index (χ4n) is 1.57. The summed E-state index contributed by atoms with van der Waals surface area (Å²) in [7, 11) is 1.80. The van der Waals surface area contributed by atoms with E-state index in [9.17, 15) is 4.79 Å². The van der Waals surface area contributed by atoms with E-state index in [1.54, 1.807) is 30.1 Å². The summed E-state index contributed by atoms with van der Waals surface area (Å²) < 4.78 is 0. The van der Waals surface area contributed by atoms with Gasteiger partial charge in [0.15, 0.2) is 0 Å². The Kier molecular flexibility index (Phi) is 7.05. The van der Waals surface area contributed by atoms with E-state index in [1.165, 1.54) is 0 Å². The first-order valence-electron chi connectivity index (χ1n) is 5.82. The predicted octanol–water partition coefficient (Wildman–Crippen LogP) is 4.63.